The summed E-state index contributed by atoms with van der Waals surface area (Å²) in [6, 6.07) is 5.96. The lowest BCUT2D eigenvalue weighted by Gasteiger charge is -2.36. The highest BCUT2D eigenvalue weighted by Crippen LogP contribution is 2.48. The molecule has 1 aliphatic heterocycles. The van der Waals surface area contributed by atoms with Crippen molar-refractivity contribution >= 4 is 27.5 Å². The zero-order valence-electron chi connectivity index (χ0n) is 12.7. The summed E-state index contributed by atoms with van der Waals surface area (Å²) in [5, 5.41) is 11.6. The first-order chi connectivity index (χ1) is 11.2. The lowest BCUT2D eigenvalue weighted by molar-refractivity contribution is -0.141. The minimum atomic E-state index is -4.24. The number of aliphatic carboxylic acids is 1. The molecule has 1 aromatic carbocycles. The summed E-state index contributed by atoms with van der Waals surface area (Å²) >= 11 is 0. The van der Waals surface area contributed by atoms with Gasteiger partial charge in [-0.05, 0) is 30.7 Å². The van der Waals surface area contributed by atoms with Crippen LogP contribution in [0.3, 0.4) is 0 Å². The minimum Gasteiger partial charge on any atom is -0.480 e. The predicted octanol–water partition coefficient (Wildman–Crippen LogP) is 0.317. The van der Waals surface area contributed by atoms with Gasteiger partial charge in [0, 0.05) is 12.3 Å². The Morgan fingerprint density at radius 2 is 1.88 bits per heavy atom. The first-order valence-electron chi connectivity index (χ1n) is 7.28. The van der Waals surface area contributed by atoms with Crippen molar-refractivity contribution in [1.82, 2.24) is 5.32 Å². The van der Waals surface area contributed by atoms with Crippen LogP contribution >= 0.6 is 0 Å². The number of ketones is 1. The Morgan fingerprint density at radius 1 is 1.25 bits per heavy atom. The molecular formula is C16H15NO6S. The molecule has 0 radical (unpaired) electrons. The number of hydrogen-bond donors (Lipinski definition) is 2. The second-order valence-electron chi connectivity index (χ2n) is 5.95. The molecule has 0 spiro atoms. The van der Waals surface area contributed by atoms with Crippen molar-refractivity contribution in [3.63, 3.8) is 0 Å². The van der Waals surface area contributed by atoms with Gasteiger partial charge < -0.3 is 10.4 Å². The van der Waals surface area contributed by atoms with E-state index in [1.807, 2.05) is 0 Å². The minimum absolute atomic E-state index is 0.0499. The average Bonchev–Trinajstić information content (AvgIpc) is 2.82. The maximum Gasteiger partial charge on any atom is 0.326 e. The average molecular weight is 349 g/mol. The van der Waals surface area contributed by atoms with E-state index in [2.05, 4.69) is 5.32 Å². The molecule has 8 heteroatoms. The summed E-state index contributed by atoms with van der Waals surface area (Å²) in [5.41, 5.74) is 0.0499. The smallest absolute Gasteiger partial charge is 0.326 e. The Kier molecular flexibility index (Phi) is 3.60. The standard InChI is InChI=1S/C16H15NO6S/c1-9-7-10(18)8-12-13(14(19)20)17-15(21)16(9,12)24(22,23)11-5-3-2-4-6-11/h2-7,12-13H,8H2,1H3,(H,17,21)(H,19,20)/t12-,13+,16+/m1/s1. The lowest BCUT2D eigenvalue weighted by atomic mass is 9.76. The molecule has 1 fully saturated rings. The van der Waals surface area contributed by atoms with Crippen LogP contribution in [0.25, 0.3) is 0 Å². The van der Waals surface area contributed by atoms with Gasteiger partial charge in [0.05, 0.1) is 4.90 Å². The highest BCUT2D eigenvalue weighted by atomic mass is 32.2. The van der Waals surface area contributed by atoms with Gasteiger partial charge in [0.15, 0.2) is 20.4 Å². The number of benzene rings is 1. The van der Waals surface area contributed by atoms with E-state index in [-0.39, 0.29) is 22.7 Å². The number of carbonyl (C=O) groups is 3. The molecule has 0 saturated carbocycles. The lowest BCUT2D eigenvalue weighted by Crippen LogP contribution is -2.53. The molecule has 1 amide bonds. The van der Waals surface area contributed by atoms with E-state index < -0.39 is 38.4 Å². The van der Waals surface area contributed by atoms with Crippen LogP contribution in [0.4, 0.5) is 0 Å². The van der Waals surface area contributed by atoms with Crippen LogP contribution in [0.1, 0.15) is 13.3 Å². The zero-order valence-corrected chi connectivity index (χ0v) is 13.5. The fourth-order valence-electron chi connectivity index (χ4n) is 3.66. The van der Waals surface area contributed by atoms with Crippen molar-refractivity contribution in [3.05, 3.63) is 42.0 Å². The van der Waals surface area contributed by atoms with Crippen LogP contribution in [0, 0.1) is 5.92 Å². The topological polar surface area (TPSA) is 118 Å². The third-order valence-corrected chi connectivity index (χ3v) is 7.23. The molecule has 2 N–H and O–H groups in total. The van der Waals surface area contributed by atoms with Crippen molar-refractivity contribution in [2.24, 2.45) is 5.92 Å². The number of hydrogen-bond acceptors (Lipinski definition) is 5. The molecule has 7 nitrogen and oxygen atoms in total. The van der Waals surface area contributed by atoms with E-state index in [9.17, 15) is 27.9 Å². The molecule has 0 bridgehead atoms. The summed E-state index contributed by atoms with van der Waals surface area (Å²) < 4.78 is 24.5. The molecule has 126 valence electrons. The number of fused-ring (bicyclic) bond motifs is 1. The van der Waals surface area contributed by atoms with Crippen molar-refractivity contribution in [3.8, 4) is 0 Å². The van der Waals surface area contributed by atoms with Gasteiger partial charge in [-0.25, -0.2) is 13.2 Å². The number of carboxylic acid groups (broad SMARTS) is 1. The maximum atomic E-state index is 13.3. The molecule has 24 heavy (non-hydrogen) atoms. The summed E-state index contributed by atoms with van der Waals surface area (Å²) in [7, 11) is -4.24. The van der Waals surface area contributed by atoms with Crippen molar-refractivity contribution in [1.29, 1.82) is 0 Å². The molecule has 1 heterocycles. The fraction of sp³-hybridized carbons (Fsp3) is 0.312. The maximum absolute atomic E-state index is 13.3. The molecule has 3 rings (SSSR count). The van der Waals surface area contributed by atoms with Gasteiger partial charge in [0.25, 0.3) is 0 Å². The SMILES string of the molecule is CC1=CC(=O)C[C@@H]2[C@@H](C(=O)O)NC(=O)[C@]12S(=O)(=O)c1ccccc1. The predicted molar refractivity (Wildman–Crippen MR) is 82.8 cm³/mol. The van der Waals surface area contributed by atoms with E-state index in [4.69, 9.17) is 0 Å². The number of rotatable bonds is 3. The zero-order chi connectivity index (χ0) is 17.7. The number of nitrogens with one attached hydrogen (secondary N) is 1. The van der Waals surface area contributed by atoms with E-state index in [0.717, 1.165) is 6.08 Å². The van der Waals surface area contributed by atoms with Crippen LogP contribution in [-0.2, 0) is 24.2 Å². The van der Waals surface area contributed by atoms with Gasteiger partial charge in [-0.1, -0.05) is 18.2 Å². The summed E-state index contributed by atoms with van der Waals surface area (Å²) in [6.45, 7) is 1.38. The summed E-state index contributed by atoms with van der Waals surface area (Å²) in [5.74, 6) is -3.84. The fourth-order valence-corrected chi connectivity index (χ4v) is 5.95. The van der Waals surface area contributed by atoms with Gasteiger partial charge >= 0.3 is 5.97 Å². The number of allylic oxidation sites excluding steroid dienone is 1. The summed E-state index contributed by atoms with van der Waals surface area (Å²) in [4.78, 5) is 36.0. The van der Waals surface area contributed by atoms with E-state index in [0.29, 0.717) is 0 Å². The van der Waals surface area contributed by atoms with Crippen LogP contribution < -0.4 is 5.32 Å². The van der Waals surface area contributed by atoms with Gasteiger partial charge in [-0.15, -0.1) is 0 Å². The number of carbonyl (C=O) groups excluding carboxylic acids is 2. The van der Waals surface area contributed by atoms with Crippen LogP contribution in [0.2, 0.25) is 0 Å². The third-order valence-electron chi connectivity index (χ3n) is 4.68. The van der Waals surface area contributed by atoms with E-state index in [1.165, 1.54) is 31.2 Å². The first-order valence-corrected chi connectivity index (χ1v) is 8.76. The molecule has 3 atom stereocenters. The largest absolute Gasteiger partial charge is 0.480 e. The number of carboxylic acids is 1. The third kappa shape index (κ3) is 1.96. The highest BCUT2D eigenvalue weighted by Gasteiger charge is 2.67. The van der Waals surface area contributed by atoms with Crippen LogP contribution in [0.15, 0.2) is 46.9 Å². The molecular weight excluding hydrogens is 334 g/mol. The van der Waals surface area contributed by atoms with E-state index >= 15 is 0 Å². The van der Waals surface area contributed by atoms with Crippen molar-refractivity contribution in [2.45, 2.75) is 29.0 Å². The Hall–Kier alpha value is -2.48. The van der Waals surface area contributed by atoms with E-state index in [1.54, 1.807) is 6.07 Å². The van der Waals surface area contributed by atoms with Gasteiger partial charge in [0.1, 0.15) is 6.04 Å². The number of sulfone groups is 1. The normalized spacial score (nSPS) is 29.6. The van der Waals surface area contributed by atoms with Crippen molar-refractivity contribution < 1.29 is 27.9 Å². The molecule has 0 aromatic heterocycles. The van der Waals surface area contributed by atoms with Crippen molar-refractivity contribution in [2.75, 3.05) is 0 Å². The molecule has 1 aliphatic carbocycles. The van der Waals surface area contributed by atoms with Gasteiger partial charge in [0.2, 0.25) is 5.91 Å². The monoisotopic (exact) mass is 349 g/mol. The number of amides is 1. The molecule has 0 unspecified atom stereocenters. The molecule has 1 saturated heterocycles. The Balaban J connectivity index is 2.31. The Morgan fingerprint density at radius 3 is 2.46 bits per heavy atom. The Labute approximate surface area is 138 Å². The second-order valence-corrected chi connectivity index (χ2v) is 8.07. The quantitative estimate of drug-likeness (QED) is 0.811. The molecule has 2 aliphatic rings. The second kappa shape index (κ2) is 5.27. The highest BCUT2D eigenvalue weighted by molar-refractivity contribution is 7.94. The van der Waals surface area contributed by atoms with Gasteiger partial charge in [-0.2, -0.15) is 0 Å². The summed E-state index contributed by atoms with van der Waals surface area (Å²) in [6.07, 6.45) is 0.805. The van der Waals surface area contributed by atoms with Crippen LogP contribution in [-0.4, -0.2) is 42.0 Å². The Bertz CT molecular complexity index is 873. The molecule has 1 aromatic rings. The van der Waals surface area contributed by atoms with Crippen LogP contribution in [0.5, 0.6) is 0 Å². The first kappa shape index (κ1) is 16.4. The van der Waals surface area contributed by atoms with Gasteiger partial charge in [-0.3, -0.25) is 9.59 Å².